The van der Waals surface area contributed by atoms with Crippen LogP contribution in [0.3, 0.4) is 0 Å². The molecule has 140 valence electrons. The van der Waals surface area contributed by atoms with Crippen molar-refractivity contribution >= 4 is 17.7 Å². The van der Waals surface area contributed by atoms with E-state index >= 15 is 0 Å². The van der Waals surface area contributed by atoms with Gasteiger partial charge in [-0.2, -0.15) is 0 Å². The number of aromatic nitrogens is 3. The zero-order valence-electron chi connectivity index (χ0n) is 14.7. The molecule has 27 heavy (non-hydrogen) atoms. The Hall–Kier alpha value is -2.74. The fraction of sp³-hybridized carbons (Fsp3) is 0.211. The van der Waals surface area contributed by atoms with Crippen LogP contribution in [0.1, 0.15) is 29.5 Å². The molecule has 2 aromatic carbocycles. The molecule has 0 aliphatic carbocycles. The Morgan fingerprint density at radius 3 is 2.59 bits per heavy atom. The number of hydrogen-bond donors (Lipinski definition) is 1. The lowest BCUT2D eigenvalue weighted by molar-refractivity contribution is 0.0949. The number of halogens is 2. The molecule has 1 N–H and O–H groups in total. The number of nitrogens with zero attached hydrogens (tertiary/aromatic N) is 3. The summed E-state index contributed by atoms with van der Waals surface area (Å²) in [7, 11) is 0. The third kappa shape index (κ3) is 4.71. The first kappa shape index (κ1) is 19.0. The Labute approximate surface area is 159 Å². The van der Waals surface area contributed by atoms with E-state index in [2.05, 4.69) is 22.4 Å². The third-order valence-corrected chi connectivity index (χ3v) is 4.85. The third-order valence-electron chi connectivity index (χ3n) is 3.71. The first-order valence-corrected chi connectivity index (χ1v) is 9.44. The smallest absolute Gasteiger partial charge is 0.251 e. The summed E-state index contributed by atoms with van der Waals surface area (Å²) in [5.74, 6) is 0.136. The summed E-state index contributed by atoms with van der Waals surface area (Å²) in [6.45, 7) is 2.16. The van der Waals surface area contributed by atoms with Crippen molar-refractivity contribution in [3.8, 4) is 5.69 Å². The van der Waals surface area contributed by atoms with E-state index in [1.165, 1.54) is 48.2 Å². The first-order valence-electron chi connectivity index (χ1n) is 8.45. The molecular weight excluding hydrogens is 370 g/mol. The van der Waals surface area contributed by atoms with E-state index in [9.17, 15) is 13.6 Å². The fourth-order valence-electron chi connectivity index (χ4n) is 2.44. The largest absolute Gasteiger partial charge is 0.345 e. The van der Waals surface area contributed by atoms with Crippen molar-refractivity contribution in [1.82, 2.24) is 20.1 Å². The van der Waals surface area contributed by atoms with Gasteiger partial charge in [-0.05, 0) is 48.9 Å². The van der Waals surface area contributed by atoms with Crippen LogP contribution in [-0.2, 0) is 6.54 Å². The summed E-state index contributed by atoms with van der Waals surface area (Å²) in [5.41, 5.74) is 0.929. The fourth-order valence-corrected chi connectivity index (χ4v) is 3.27. The average Bonchev–Trinajstić information content (AvgIpc) is 3.08. The summed E-state index contributed by atoms with van der Waals surface area (Å²) >= 11 is 1.53. The van der Waals surface area contributed by atoms with E-state index in [1.807, 2.05) is 0 Å². The van der Waals surface area contributed by atoms with Gasteiger partial charge in [0.25, 0.3) is 5.91 Å². The van der Waals surface area contributed by atoms with E-state index < -0.39 is 11.7 Å². The molecule has 0 spiro atoms. The molecule has 1 aromatic heterocycles. The van der Waals surface area contributed by atoms with Crippen molar-refractivity contribution in [2.45, 2.75) is 25.0 Å². The van der Waals surface area contributed by atoms with Crippen molar-refractivity contribution in [2.24, 2.45) is 0 Å². The van der Waals surface area contributed by atoms with E-state index in [1.54, 1.807) is 16.7 Å². The Bertz CT molecular complexity index is 928. The van der Waals surface area contributed by atoms with Gasteiger partial charge in [0.2, 0.25) is 0 Å². The van der Waals surface area contributed by atoms with Crippen LogP contribution in [0.5, 0.6) is 0 Å². The highest BCUT2D eigenvalue weighted by molar-refractivity contribution is 7.99. The van der Waals surface area contributed by atoms with E-state index in [4.69, 9.17) is 0 Å². The first-order chi connectivity index (χ1) is 13.1. The predicted molar refractivity (Wildman–Crippen MR) is 99.9 cm³/mol. The molecule has 0 fully saturated rings. The lowest BCUT2D eigenvalue weighted by Gasteiger charge is -2.11. The maximum atomic E-state index is 13.3. The second kappa shape index (κ2) is 8.77. The number of nitrogens with one attached hydrogen (secondary N) is 1. The maximum Gasteiger partial charge on any atom is 0.251 e. The molecule has 0 aliphatic rings. The Kier molecular flexibility index (Phi) is 6.18. The quantitative estimate of drug-likeness (QED) is 0.622. The molecule has 0 atom stereocenters. The molecule has 0 saturated heterocycles. The molecule has 0 saturated carbocycles. The van der Waals surface area contributed by atoms with Crippen LogP contribution in [0.25, 0.3) is 5.69 Å². The molecule has 3 aromatic rings. The standard InChI is InChI=1S/C19H18F2N4OS/c1-2-10-27-19-24-23-17(25(19)16-8-6-14(20)7-9-16)12-22-18(26)13-4-3-5-15(21)11-13/h3-9,11H,2,10,12H2,1H3,(H,22,26). The van der Waals surface area contributed by atoms with Crippen LogP contribution in [-0.4, -0.2) is 26.4 Å². The van der Waals surface area contributed by atoms with Gasteiger partial charge in [-0.15, -0.1) is 10.2 Å². The molecule has 0 aliphatic heterocycles. The number of hydrogen-bond acceptors (Lipinski definition) is 4. The van der Waals surface area contributed by atoms with Gasteiger partial charge in [-0.3, -0.25) is 9.36 Å². The number of rotatable bonds is 7. The second-order valence-corrected chi connectivity index (χ2v) is 6.81. The van der Waals surface area contributed by atoms with Gasteiger partial charge in [0.05, 0.1) is 6.54 Å². The highest BCUT2D eigenvalue weighted by Crippen LogP contribution is 2.23. The van der Waals surface area contributed by atoms with Gasteiger partial charge in [0.15, 0.2) is 11.0 Å². The van der Waals surface area contributed by atoms with Crippen molar-refractivity contribution in [2.75, 3.05) is 5.75 Å². The van der Waals surface area contributed by atoms with Crippen molar-refractivity contribution in [3.05, 3.63) is 71.6 Å². The molecular formula is C19H18F2N4OS. The Morgan fingerprint density at radius 1 is 1.11 bits per heavy atom. The van der Waals surface area contributed by atoms with Crippen LogP contribution in [0, 0.1) is 11.6 Å². The molecule has 0 unspecified atom stereocenters. The van der Waals surface area contributed by atoms with Crippen LogP contribution in [0.4, 0.5) is 8.78 Å². The minimum atomic E-state index is -0.476. The molecule has 0 radical (unpaired) electrons. The molecule has 8 heteroatoms. The van der Waals surface area contributed by atoms with Gasteiger partial charge in [-0.25, -0.2) is 8.78 Å². The normalized spacial score (nSPS) is 10.8. The monoisotopic (exact) mass is 388 g/mol. The zero-order valence-corrected chi connectivity index (χ0v) is 15.5. The summed E-state index contributed by atoms with van der Waals surface area (Å²) in [6, 6.07) is 11.4. The number of amides is 1. The number of carbonyl (C=O) groups is 1. The lowest BCUT2D eigenvalue weighted by Crippen LogP contribution is -2.24. The number of carbonyl (C=O) groups excluding carboxylic acids is 1. The van der Waals surface area contributed by atoms with Gasteiger partial charge in [0, 0.05) is 17.0 Å². The summed E-state index contributed by atoms with van der Waals surface area (Å²) in [4.78, 5) is 12.3. The molecule has 1 heterocycles. The Balaban J connectivity index is 1.83. The van der Waals surface area contributed by atoms with Gasteiger partial charge in [0.1, 0.15) is 11.6 Å². The van der Waals surface area contributed by atoms with Gasteiger partial charge in [-0.1, -0.05) is 24.8 Å². The van der Waals surface area contributed by atoms with Crippen molar-refractivity contribution < 1.29 is 13.6 Å². The van der Waals surface area contributed by atoms with Crippen LogP contribution < -0.4 is 5.32 Å². The van der Waals surface area contributed by atoms with Crippen molar-refractivity contribution in [3.63, 3.8) is 0 Å². The number of thioether (sulfide) groups is 1. The van der Waals surface area contributed by atoms with E-state index in [0.717, 1.165) is 12.2 Å². The number of benzene rings is 2. The van der Waals surface area contributed by atoms with Gasteiger partial charge < -0.3 is 5.32 Å². The molecule has 3 rings (SSSR count). The lowest BCUT2D eigenvalue weighted by atomic mass is 10.2. The van der Waals surface area contributed by atoms with Crippen molar-refractivity contribution in [1.29, 1.82) is 0 Å². The van der Waals surface area contributed by atoms with Gasteiger partial charge >= 0.3 is 0 Å². The Morgan fingerprint density at radius 2 is 1.89 bits per heavy atom. The summed E-state index contributed by atoms with van der Waals surface area (Å²) in [5, 5.41) is 11.7. The molecule has 5 nitrogen and oxygen atoms in total. The van der Waals surface area contributed by atoms with E-state index in [0.29, 0.717) is 16.7 Å². The van der Waals surface area contributed by atoms with Crippen LogP contribution in [0.2, 0.25) is 0 Å². The average molecular weight is 388 g/mol. The predicted octanol–water partition coefficient (Wildman–Crippen LogP) is 3.98. The second-order valence-electron chi connectivity index (χ2n) is 5.75. The molecule has 0 bridgehead atoms. The minimum Gasteiger partial charge on any atom is -0.345 e. The van der Waals surface area contributed by atoms with Crippen LogP contribution >= 0.6 is 11.8 Å². The SMILES string of the molecule is CCCSc1nnc(CNC(=O)c2cccc(F)c2)n1-c1ccc(F)cc1. The summed E-state index contributed by atoms with van der Waals surface area (Å²) in [6.07, 6.45) is 0.965. The van der Waals surface area contributed by atoms with E-state index in [-0.39, 0.29) is 17.9 Å². The molecule has 1 amide bonds. The summed E-state index contributed by atoms with van der Waals surface area (Å²) < 4.78 is 28.3. The highest BCUT2D eigenvalue weighted by Gasteiger charge is 2.16. The minimum absolute atomic E-state index is 0.104. The zero-order chi connectivity index (χ0) is 19.2. The maximum absolute atomic E-state index is 13.3. The van der Waals surface area contributed by atoms with Crippen LogP contribution in [0.15, 0.2) is 53.7 Å². The topological polar surface area (TPSA) is 59.8 Å². The highest BCUT2D eigenvalue weighted by atomic mass is 32.2.